The van der Waals surface area contributed by atoms with Gasteiger partial charge < -0.3 is 15.6 Å². The first-order valence-corrected chi connectivity index (χ1v) is 11.6. The summed E-state index contributed by atoms with van der Waals surface area (Å²) in [7, 11) is -3.90. The molecule has 1 aliphatic rings. The van der Waals surface area contributed by atoms with E-state index in [0.717, 1.165) is 0 Å². The maximum atomic E-state index is 13.7. The Labute approximate surface area is 214 Å². The second-order valence-electron chi connectivity index (χ2n) is 7.84. The van der Waals surface area contributed by atoms with Gasteiger partial charge in [0, 0.05) is 12.3 Å². The lowest BCUT2D eigenvalue weighted by Gasteiger charge is -2.48. The number of rotatable bonds is 8. The van der Waals surface area contributed by atoms with Gasteiger partial charge in [-0.25, -0.2) is 12.8 Å². The van der Waals surface area contributed by atoms with Gasteiger partial charge in [-0.05, 0) is 48.4 Å². The van der Waals surface area contributed by atoms with E-state index in [2.05, 4.69) is 4.98 Å². The Morgan fingerprint density at radius 2 is 1.83 bits per heavy atom. The number of nitrogens with two attached hydrogens (primary N) is 1. The van der Waals surface area contributed by atoms with Gasteiger partial charge in [-0.15, -0.1) is 24.8 Å². The van der Waals surface area contributed by atoms with Gasteiger partial charge in [0.05, 0.1) is 23.7 Å². The number of hydrogen-bond acceptors (Lipinski definition) is 6. The summed E-state index contributed by atoms with van der Waals surface area (Å²) in [6.07, 6.45) is 1.58. The maximum Gasteiger partial charge on any atom is 0.320 e. The van der Waals surface area contributed by atoms with Crippen LogP contribution in [-0.2, 0) is 26.8 Å². The van der Waals surface area contributed by atoms with Crippen molar-refractivity contribution in [2.24, 2.45) is 5.73 Å². The van der Waals surface area contributed by atoms with Crippen molar-refractivity contribution < 1.29 is 27.4 Å². The highest BCUT2D eigenvalue weighted by Crippen LogP contribution is 2.39. The Morgan fingerprint density at radius 3 is 2.46 bits per heavy atom. The molecule has 1 unspecified atom stereocenters. The minimum Gasteiger partial charge on any atom is -0.480 e. The number of halogens is 3. The monoisotopic (exact) mass is 543 g/mol. The van der Waals surface area contributed by atoms with Crippen molar-refractivity contribution >= 4 is 40.8 Å². The molecular formula is C23H24Cl2FN3O5S. The lowest BCUT2D eigenvalue weighted by molar-refractivity contribution is -0.138. The molecule has 2 aromatic carbocycles. The van der Waals surface area contributed by atoms with Crippen LogP contribution in [0.2, 0.25) is 0 Å². The average Bonchev–Trinajstić information content (AvgIpc) is 2.76. The number of nitrogens with zero attached hydrogens (tertiary/aromatic N) is 2. The molecule has 12 heteroatoms. The van der Waals surface area contributed by atoms with Crippen molar-refractivity contribution in [3.63, 3.8) is 0 Å². The van der Waals surface area contributed by atoms with Gasteiger partial charge in [0.2, 0.25) is 10.0 Å². The molecule has 188 valence electrons. The molecule has 0 aliphatic carbocycles. The van der Waals surface area contributed by atoms with Crippen LogP contribution in [0, 0.1) is 5.82 Å². The van der Waals surface area contributed by atoms with E-state index in [9.17, 15) is 17.6 Å². The molecule has 8 nitrogen and oxygen atoms in total. The third-order valence-corrected chi connectivity index (χ3v) is 7.20. The molecule has 1 atom stereocenters. The first-order chi connectivity index (χ1) is 15.7. The molecule has 0 amide bonds. The van der Waals surface area contributed by atoms with Crippen LogP contribution >= 0.6 is 24.8 Å². The number of ether oxygens (including phenoxy) is 1. The molecule has 1 aromatic heterocycles. The molecule has 1 saturated heterocycles. The highest BCUT2D eigenvalue weighted by atomic mass is 35.5. The first-order valence-electron chi connectivity index (χ1n) is 10.1. The second kappa shape index (κ2) is 11.3. The van der Waals surface area contributed by atoms with E-state index in [4.69, 9.17) is 15.6 Å². The topological polar surface area (TPSA) is 123 Å². The maximum absolute atomic E-state index is 13.7. The molecule has 3 aromatic rings. The molecule has 3 N–H and O–H groups in total. The molecular weight excluding hydrogens is 520 g/mol. The van der Waals surface area contributed by atoms with Gasteiger partial charge in [-0.1, -0.05) is 24.3 Å². The van der Waals surface area contributed by atoms with Crippen molar-refractivity contribution in [3.05, 3.63) is 90.0 Å². The number of benzene rings is 2. The van der Waals surface area contributed by atoms with E-state index in [1.54, 1.807) is 42.6 Å². The highest BCUT2D eigenvalue weighted by Gasteiger charge is 2.53. The van der Waals surface area contributed by atoms with Crippen LogP contribution in [0.1, 0.15) is 11.3 Å². The Morgan fingerprint density at radius 1 is 1.11 bits per heavy atom. The molecule has 0 radical (unpaired) electrons. The number of aromatic nitrogens is 1. The number of sulfonamides is 1. The summed E-state index contributed by atoms with van der Waals surface area (Å²) in [6, 6.07) is 15.8. The van der Waals surface area contributed by atoms with Crippen LogP contribution in [0.3, 0.4) is 0 Å². The quantitative estimate of drug-likeness (QED) is 0.447. The largest absolute Gasteiger partial charge is 0.480 e. The summed E-state index contributed by atoms with van der Waals surface area (Å²) in [5.74, 6) is -1.37. The third kappa shape index (κ3) is 6.09. The predicted molar refractivity (Wildman–Crippen MR) is 132 cm³/mol. The predicted octanol–water partition coefficient (Wildman–Crippen LogP) is 3.00. The fourth-order valence-corrected chi connectivity index (χ4v) is 5.29. The SMILES string of the molecule is Cl.Cl.NC(Cc1cccc(S(=O)(=O)N2CC(Oc3cccc(F)c3)(c3ccccn3)C2)c1)C(=O)O. The summed E-state index contributed by atoms with van der Waals surface area (Å²) >= 11 is 0. The number of hydrogen-bond donors (Lipinski definition) is 2. The molecule has 1 fully saturated rings. The molecule has 1 aliphatic heterocycles. The van der Waals surface area contributed by atoms with E-state index >= 15 is 0 Å². The smallest absolute Gasteiger partial charge is 0.320 e. The Hall–Kier alpha value is -2.76. The van der Waals surface area contributed by atoms with Gasteiger partial charge in [0.1, 0.15) is 17.6 Å². The Balaban J connectivity index is 0.00000216. The summed E-state index contributed by atoms with van der Waals surface area (Å²) in [6.45, 7) is -0.0521. The van der Waals surface area contributed by atoms with Crippen molar-refractivity contribution in [2.75, 3.05) is 13.1 Å². The van der Waals surface area contributed by atoms with Crippen LogP contribution in [0.5, 0.6) is 5.75 Å². The van der Waals surface area contributed by atoms with E-state index < -0.39 is 33.5 Å². The van der Waals surface area contributed by atoms with Gasteiger partial charge in [-0.2, -0.15) is 4.31 Å². The number of carboxylic acids is 1. The number of pyridine rings is 1. The average molecular weight is 544 g/mol. The fraction of sp³-hybridized carbons (Fsp3) is 0.217. The van der Waals surface area contributed by atoms with Gasteiger partial charge in [0.25, 0.3) is 0 Å². The zero-order valence-electron chi connectivity index (χ0n) is 18.3. The Kier molecular flexibility index (Phi) is 9.21. The minimum absolute atomic E-state index is 0. The van der Waals surface area contributed by atoms with Gasteiger partial charge >= 0.3 is 5.97 Å². The van der Waals surface area contributed by atoms with E-state index in [1.165, 1.54) is 34.6 Å². The van der Waals surface area contributed by atoms with Crippen LogP contribution in [-0.4, -0.2) is 47.9 Å². The molecule has 35 heavy (non-hydrogen) atoms. The number of carbonyl (C=O) groups is 1. The van der Waals surface area contributed by atoms with Crippen LogP contribution in [0.4, 0.5) is 4.39 Å². The second-order valence-corrected chi connectivity index (χ2v) is 9.78. The van der Waals surface area contributed by atoms with Crippen LogP contribution < -0.4 is 10.5 Å². The molecule has 4 rings (SSSR count). The zero-order chi connectivity index (χ0) is 23.6. The van der Waals surface area contributed by atoms with Gasteiger partial charge in [-0.3, -0.25) is 9.78 Å². The first kappa shape index (κ1) is 28.5. The number of aliphatic carboxylic acids is 1. The lowest BCUT2D eigenvalue weighted by atomic mass is 9.92. The van der Waals surface area contributed by atoms with Crippen molar-refractivity contribution in [1.82, 2.24) is 9.29 Å². The molecule has 0 bridgehead atoms. The lowest BCUT2D eigenvalue weighted by Crippen LogP contribution is -2.64. The zero-order valence-corrected chi connectivity index (χ0v) is 20.7. The van der Waals surface area contributed by atoms with Crippen LogP contribution in [0.15, 0.2) is 77.8 Å². The standard InChI is InChI=1S/C23H22FN3O5S.2ClH/c24-17-6-4-7-18(13-17)32-23(21-9-1-2-10-26-21)14-27(15-23)33(30,31)19-8-3-5-16(11-19)12-20(25)22(28)29;;/h1-11,13,20H,12,14-15,25H2,(H,28,29);2*1H. The van der Waals surface area contributed by atoms with Crippen molar-refractivity contribution in [1.29, 1.82) is 0 Å². The highest BCUT2D eigenvalue weighted by molar-refractivity contribution is 7.89. The summed E-state index contributed by atoms with van der Waals surface area (Å²) in [5, 5.41) is 9.02. The Bertz CT molecular complexity index is 1270. The minimum atomic E-state index is -3.90. The van der Waals surface area contributed by atoms with E-state index in [1.807, 2.05) is 0 Å². The third-order valence-electron chi connectivity index (χ3n) is 5.41. The fourth-order valence-electron chi connectivity index (χ4n) is 3.68. The molecule has 0 spiro atoms. The summed E-state index contributed by atoms with van der Waals surface area (Å²) < 4.78 is 47.5. The van der Waals surface area contributed by atoms with Crippen molar-refractivity contribution in [2.45, 2.75) is 23.0 Å². The summed E-state index contributed by atoms with van der Waals surface area (Å²) in [5.41, 5.74) is 5.53. The molecule has 0 saturated carbocycles. The van der Waals surface area contributed by atoms with E-state index in [-0.39, 0.29) is 55.0 Å². The van der Waals surface area contributed by atoms with Crippen LogP contribution in [0.25, 0.3) is 0 Å². The van der Waals surface area contributed by atoms with Crippen molar-refractivity contribution in [3.8, 4) is 5.75 Å². The number of carboxylic acid groups (broad SMARTS) is 1. The molecule has 2 heterocycles. The normalized spacial score (nSPS) is 15.6. The summed E-state index contributed by atoms with van der Waals surface area (Å²) in [4.78, 5) is 15.4. The van der Waals surface area contributed by atoms with E-state index in [0.29, 0.717) is 11.3 Å². The van der Waals surface area contributed by atoms with Gasteiger partial charge in [0.15, 0.2) is 5.60 Å².